The Morgan fingerprint density at radius 1 is 1.29 bits per heavy atom. The maximum atomic E-state index is 12.0. The molecule has 0 spiro atoms. The van der Waals surface area contributed by atoms with Gasteiger partial charge in [0.15, 0.2) is 0 Å². The molecule has 0 aromatic carbocycles. The van der Waals surface area contributed by atoms with E-state index in [0.717, 1.165) is 31.9 Å². The van der Waals surface area contributed by atoms with Gasteiger partial charge in [-0.1, -0.05) is 0 Å². The van der Waals surface area contributed by atoms with Gasteiger partial charge in [-0.25, -0.2) is 9.97 Å². The molecule has 0 radical (unpaired) electrons. The summed E-state index contributed by atoms with van der Waals surface area (Å²) < 4.78 is 1.73. The maximum Gasteiger partial charge on any atom is 0.276 e. The Balaban J connectivity index is 1.65. The largest absolute Gasteiger partial charge is 0.368 e. The average Bonchev–Trinajstić information content (AvgIpc) is 2.96. The number of piperazine rings is 1. The Morgan fingerprint density at radius 3 is 2.71 bits per heavy atom. The minimum Gasteiger partial charge on any atom is -0.368 e. The van der Waals surface area contributed by atoms with Crippen LogP contribution in [-0.4, -0.2) is 46.6 Å². The van der Waals surface area contributed by atoms with Crippen LogP contribution >= 0.6 is 0 Å². The highest BCUT2D eigenvalue weighted by Gasteiger charge is 2.12. The second-order valence-electron chi connectivity index (χ2n) is 5.02. The average molecular weight is 286 g/mol. The molecule has 2 aromatic heterocycles. The van der Waals surface area contributed by atoms with Gasteiger partial charge in [0.2, 0.25) is 0 Å². The molecule has 1 fully saturated rings. The quantitative estimate of drug-likeness (QED) is 0.858. The van der Waals surface area contributed by atoms with Crippen LogP contribution in [0.4, 0.5) is 11.5 Å². The van der Waals surface area contributed by atoms with Gasteiger partial charge in [0.1, 0.15) is 11.5 Å². The number of amides is 1. The van der Waals surface area contributed by atoms with Gasteiger partial charge in [0.05, 0.1) is 18.2 Å². The minimum atomic E-state index is -0.252. The van der Waals surface area contributed by atoms with E-state index < -0.39 is 0 Å². The van der Waals surface area contributed by atoms with E-state index in [-0.39, 0.29) is 5.91 Å². The van der Waals surface area contributed by atoms with Gasteiger partial charge in [0, 0.05) is 39.4 Å². The van der Waals surface area contributed by atoms with Gasteiger partial charge in [-0.3, -0.25) is 4.79 Å². The number of imidazole rings is 1. The fourth-order valence-corrected chi connectivity index (χ4v) is 2.28. The Bertz CT molecular complexity index is 615. The van der Waals surface area contributed by atoms with Crippen LogP contribution < -0.4 is 15.5 Å². The van der Waals surface area contributed by atoms with Crippen molar-refractivity contribution in [2.75, 3.05) is 36.4 Å². The Hall–Kier alpha value is -2.41. The zero-order valence-electron chi connectivity index (χ0n) is 11.9. The predicted molar refractivity (Wildman–Crippen MR) is 80.5 cm³/mol. The van der Waals surface area contributed by atoms with Crippen molar-refractivity contribution < 1.29 is 4.79 Å². The van der Waals surface area contributed by atoms with E-state index in [1.165, 1.54) is 0 Å². The summed E-state index contributed by atoms with van der Waals surface area (Å²) in [5.41, 5.74) is 1.46. The molecular weight excluding hydrogens is 268 g/mol. The number of hydrogen-bond donors (Lipinski definition) is 2. The number of carbonyl (C=O) groups excluding carboxylic acids is 1. The SMILES string of the molecule is Cn1cnc(C(=O)Nc2ccc(N3CCNCC3)cn2)c1. The fourth-order valence-electron chi connectivity index (χ4n) is 2.28. The zero-order valence-corrected chi connectivity index (χ0v) is 11.9. The van der Waals surface area contributed by atoms with Gasteiger partial charge < -0.3 is 20.1 Å². The number of rotatable bonds is 3. The van der Waals surface area contributed by atoms with Crippen LogP contribution in [0.25, 0.3) is 0 Å². The number of aromatic nitrogens is 3. The van der Waals surface area contributed by atoms with Crippen molar-refractivity contribution in [2.45, 2.75) is 0 Å². The summed E-state index contributed by atoms with van der Waals surface area (Å²) in [7, 11) is 1.82. The highest BCUT2D eigenvalue weighted by Crippen LogP contribution is 2.15. The molecule has 0 aliphatic carbocycles. The number of aryl methyl sites for hydroxylation is 1. The third-order valence-electron chi connectivity index (χ3n) is 3.41. The van der Waals surface area contributed by atoms with Gasteiger partial charge in [0.25, 0.3) is 5.91 Å². The van der Waals surface area contributed by atoms with Crippen molar-refractivity contribution in [2.24, 2.45) is 7.05 Å². The van der Waals surface area contributed by atoms with E-state index in [0.29, 0.717) is 11.5 Å². The highest BCUT2D eigenvalue weighted by molar-refractivity contribution is 6.02. The molecule has 0 saturated carbocycles. The molecule has 21 heavy (non-hydrogen) atoms. The summed E-state index contributed by atoms with van der Waals surface area (Å²) in [6.45, 7) is 3.92. The van der Waals surface area contributed by atoms with Gasteiger partial charge in [-0.15, -0.1) is 0 Å². The van der Waals surface area contributed by atoms with Gasteiger partial charge in [-0.2, -0.15) is 0 Å². The van der Waals surface area contributed by atoms with Crippen molar-refractivity contribution in [1.29, 1.82) is 0 Å². The molecule has 3 heterocycles. The first kappa shape index (κ1) is 13.6. The van der Waals surface area contributed by atoms with Crippen LogP contribution in [0.1, 0.15) is 10.5 Å². The van der Waals surface area contributed by atoms with Crippen molar-refractivity contribution in [3.63, 3.8) is 0 Å². The van der Waals surface area contributed by atoms with E-state index in [4.69, 9.17) is 0 Å². The summed E-state index contributed by atoms with van der Waals surface area (Å²) in [6.07, 6.45) is 5.06. The molecule has 0 unspecified atom stereocenters. The first-order valence-corrected chi connectivity index (χ1v) is 6.93. The van der Waals surface area contributed by atoms with Crippen LogP contribution in [0.15, 0.2) is 30.9 Å². The van der Waals surface area contributed by atoms with Crippen molar-refractivity contribution in [3.05, 3.63) is 36.5 Å². The minimum absolute atomic E-state index is 0.252. The summed E-state index contributed by atoms with van der Waals surface area (Å²) in [5, 5.41) is 6.06. The molecule has 7 heteroatoms. The van der Waals surface area contributed by atoms with Gasteiger partial charge in [-0.05, 0) is 12.1 Å². The topological polar surface area (TPSA) is 75.1 Å². The molecule has 2 aromatic rings. The maximum absolute atomic E-state index is 12.0. The third kappa shape index (κ3) is 3.19. The number of pyridine rings is 1. The molecule has 3 rings (SSSR count). The van der Waals surface area contributed by atoms with E-state index in [1.54, 1.807) is 23.3 Å². The normalized spacial score (nSPS) is 15.0. The van der Waals surface area contributed by atoms with Crippen LogP contribution in [0.2, 0.25) is 0 Å². The molecule has 0 bridgehead atoms. The first-order chi connectivity index (χ1) is 10.2. The lowest BCUT2D eigenvalue weighted by atomic mass is 10.3. The monoisotopic (exact) mass is 286 g/mol. The number of carbonyl (C=O) groups is 1. The second kappa shape index (κ2) is 5.92. The zero-order chi connectivity index (χ0) is 14.7. The molecule has 2 N–H and O–H groups in total. The lowest BCUT2D eigenvalue weighted by Gasteiger charge is -2.29. The number of anilines is 2. The van der Waals surface area contributed by atoms with E-state index >= 15 is 0 Å². The Kier molecular flexibility index (Phi) is 3.83. The van der Waals surface area contributed by atoms with E-state index in [9.17, 15) is 4.79 Å². The third-order valence-corrected chi connectivity index (χ3v) is 3.41. The van der Waals surface area contributed by atoms with Crippen LogP contribution in [-0.2, 0) is 7.05 Å². The number of nitrogens with zero attached hydrogens (tertiary/aromatic N) is 4. The molecule has 110 valence electrons. The predicted octanol–water partition coefficient (Wildman–Crippen LogP) is 0.477. The second-order valence-corrected chi connectivity index (χ2v) is 5.02. The Labute approximate surface area is 123 Å². The Morgan fingerprint density at radius 2 is 2.10 bits per heavy atom. The molecule has 1 aliphatic heterocycles. The number of nitrogens with one attached hydrogen (secondary N) is 2. The molecule has 1 aliphatic rings. The van der Waals surface area contributed by atoms with Gasteiger partial charge >= 0.3 is 0 Å². The number of hydrogen-bond acceptors (Lipinski definition) is 5. The van der Waals surface area contributed by atoms with Crippen LogP contribution in [0, 0.1) is 0 Å². The fraction of sp³-hybridized carbons (Fsp3) is 0.357. The highest BCUT2D eigenvalue weighted by atomic mass is 16.2. The van der Waals surface area contributed by atoms with E-state index in [2.05, 4.69) is 25.5 Å². The van der Waals surface area contributed by atoms with E-state index in [1.807, 2.05) is 19.2 Å². The van der Waals surface area contributed by atoms with Crippen molar-refractivity contribution >= 4 is 17.4 Å². The first-order valence-electron chi connectivity index (χ1n) is 6.93. The standard InChI is InChI=1S/C14H18N6O/c1-19-9-12(17-10-19)14(21)18-13-3-2-11(8-16-13)20-6-4-15-5-7-20/h2-3,8-10,15H,4-7H2,1H3,(H,16,18,21). The van der Waals surface area contributed by atoms with Crippen molar-refractivity contribution in [3.8, 4) is 0 Å². The summed E-state index contributed by atoms with van der Waals surface area (Å²) >= 11 is 0. The molecule has 0 atom stereocenters. The van der Waals surface area contributed by atoms with Crippen LogP contribution in [0.5, 0.6) is 0 Å². The van der Waals surface area contributed by atoms with Crippen molar-refractivity contribution in [1.82, 2.24) is 19.9 Å². The molecular formula is C14H18N6O. The summed E-state index contributed by atoms with van der Waals surface area (Å²) in [6, 6.07) is 3.80. The molecule has 1 amide bonds. The molecule has 1 saturated heterocycles. The smallest absolute Gasteiger partial charge is 0.276 e. The lowest BCUT2D eigenvalue weighted by molar-refractivity contribution is 0.102. The summed E-state index contributed by atoms with van der Waals surface area (Å²) in [5.74, 6) is 0.280. The van der Waals surface area contributed by atoms with Crippen LogP contribution in [0.3, 0.4) is 0 Å². The molecule has 7 nitrogen and oxygen atoms in total. The lowest BCUT2D eigenvalue weighted by Crippen LogP contribution is -2.43. The summed E-state index contributed by atoms with van der Waals surface area (Å²) in [4.78, 5) is 22.5.